The van der Waals surface area contributed by atoms with Gasteiger partial charge in [-0.3, -0.25) is 9.59 Å². The first-order valence-corrected chi connectivity index (χ1v) is 13.1. The predicted octanol–water partition coefficient (Wildman–Crippen LogP) is 4.23. The molecule has 0 fully saturated rings. The van der Waals surface area contributed by atoms with Crippen LogP contribution in [-0.4, -0.2) is 52.7 Å². The van der Waals surface area contributed by atoms with Crippen LogP contribution in [0.1, 0.15) is 47.7 Å². The third-order valence-electron chi connectivity index (χ3n) is 6.30. The van der Waals surface area contributed by atoms with Crippen LogP contribution in [0.25, 0.3) is 11.1 Å². The summed E-state index contributed by atoms with van der Waals surface area (Å²) in [7, 11) is 0. The third kappa shape index (κ3) is 8.69. The molecule has 9 heteroatoms. The summed E-state index contributed by atoms with van der Waals surface area (Å²) < 4.78 is 5.04. The van der Waals surface area contributed by atoms with E-state index < -0.39 is 30.0 Å². The number of aryl methyl sites for hydroxylation is 1. The van der Waals surface area contributed by atoms with Crippen LogP contribution in [0, 0.1) is 6.92 Å². The second-order valence-electron chi connectivity index (χ2n) is 9.49. The van der Waals surface area contributed by atoms with Gasteiger partial charge in [0, 0.05) is 18.5 Å². The highest BCUT2D eigenvalue weighted by atomic mass is 16.5. The molecule has 3 aromatic rings. The van der Waals surface area contributed by atoms with Gasteiger partial charge in [0.2, 0.25) is 5.91 Å². The van der Waals surface area contributed by atoms with Crippen LogP contribution in [-0.2, 0) is 20.8 Å². The lowest BCUT2D eigenvalue weighted by molar-refractivity contribution is -0.159. The molecule has 1 atom stereocenters. The minimum absolute atomic E-state index is 0.0526. The summed E-state index contributed by atoms with van der Waals surface area (Å²) in [4.78, 5) is 48.3. The summed E-state index contributed by atoms with van der Waals surface area (Å²) in [6, 6.07) is 20.4. The molecule has 0 spiro atoms. The number of carbonyl (C=O) groups is 4. The molecule has 0 unspecified atom stereocenters. The zero-order valence-corrected chi connectivity index (χ0v) is 22.6. The van der Waals surface area contributed by atoms with Crippen molar-refractivity contribution in [2.45, 2.75) is 51.7 Å². The molecular formula is C31H34N2O7. The van der Waals surface area contributed by atoms with E-state index in [9.17, 15) is 19.2 Å². The smallest absolute Gasteiger partial charge is 0.356 e. The highest BCUT2D eigenvalue weighted by Gasteiger charge is 2.28. The molecule has 4 N–H and O–H groups in total. The molecule has 0 saturated carbocycles. The summed E-state index contributed by atoms with van der Waals surface area (Å²) in [5.41, 5.74) is 4.24. The van der Waals surface area contributed by atoms with Gasteiger partial charge in [-0.25, -0.2) is 9.59 Å². The Morgan fingerprint density at radius 3 is 1.93 bits per heavy atom. The number of carboxylic acid groups (broad SMARTS) is 2. The maximum atomic E-state index is 13.1. The number of unbranched alkanes of at least 4 members (excludes halogenated alkanes) is 2. The zero-order chi connectivity index (χ0) is 29.1. The van der Waals surface area contributed by atoms with Gasteiger partial charge < -0.3 is 25.6 Å². The van der Waals surface area contributed by atoms with Crippen molar-refractivity contribution < 1.29 is 34.1 Å². The second kappa shape index (κ2) is 14.5. The van der Waals surface area contributed by atoms with Crippen molar-refractivity contribution in [1.29, 1.82) is 0 Å². The summed E-state index contributed by atoms with van der Waals surface area (Å²) in [6.45, 7) is 4.57. The molecule has 0 aliphatic heterocycles. The second-order valence-corrected chi connectivity index (χ2v) is 9.49. The Labute approximate surface area is 233 Å². The van der Waals surface area contributed by atoms with Crippen LogP contribution in [0.15, 0.2) is 72.8 Å². The molecule has 0 heterocycles. The molecule has 0 radical (unpaired) electrons. The van der Waals surface area contributed by atoms with Gasteiger partial charge in [0.1, 0.15) is 11.8 Å². The van der Waals surface area contributed by atoms with Crippen LogP contribution >= 0.6 is 0 Å². The van der Waals surface area contributed by atoms with Gasteiger partial charge in [-0.15, -0.1) is 0 Å². The van der Waals surface area contributed by atoms with Crippen molar-refractivity contribution in [3.05, 3.63) is 89.5 Å². The summed E-state index contributed by atoms with van der Waals surface area (Å²) in [5, 5.41) is 23.7. The van der Waals surface area contributed by atoms with Gasteiger partial charge in [-0.05, 0) is 54.3 Å². The Hall–Kier alpha value is -4.66. The van der Waals surface area contributed by atoms with Crippen LogP contribution in [0.2, 0.25) is 0 Å². The van der Waals surface area contributed by atoms with Gasteiger partial charge in [-0.1, -0.05) is 73.9 Å². The number of aliphatic carboxylic acids is 2. The molecule has 0 bridgehead atoms. The highest BCUT2D eigenvalue weighted by Crippen LogP contribution is 2.21. The third-order valence-corrected chi connectivity index (χ3v) is 6.30. The van der Waals surface area contributed by atoms with Crippen molar-refractivity contribution in [3.8, 4) is 16.9 Å². The van der Waals surface area contributed by atoms with Crippen molar-refractivity contribution in [2.24, 2.45) is 0 Å². The van der Waals surface area contributed by atoms with Crippen molar-refractivity contribution in [2.75, 3.05) is 6.54 Å². The molecule has 2 amide bonds. The van der Waals surface area contributed by atoms with E-state index in [4.69, 9.17) is 14.9 Å². The number of ether oxygens (including phenoxy) is 1. The average Bonchev–Trinajstić information content (AvgIpc) is 2.94. The number of hydrogen-bond acceptors (Lipinski definition) is 5. The van der Waals surface area contributed by atoms with E-state index in [1.54, 1.807) is 24.3 Å². The summed E-state index contributed by atoms with van der Waals surface area (Å²) in [5.74, 6) is -3.90. The number of carbonyl (C=O) groups excluding carboxylic acids is 2. The maximum Gasteiger partial charge on any atom is 0.356 e. The summed E-state index contributed by atoms with van der Waals surface area (Å²) in [6.07, 6.45) is 0.926. The molecule has 0 saturated heterocycles. The fourth-order valence-corrected chi connectivity index (χ4v) is 4.00. The summed E-state index contributed by atoms with van der Waals surface area (Å²) >= 11 is 0. The molecule has 0 aliphatic carbocycles. The van der Waals surface area contributed by atoms with Gasteiger partial charge in [0.15, 0.2) is 0 Å². The standard InChI is InChI=1S/C31H34N2O7/c1-3-4-5-18-32-29(35)26(19-21-8-16-25(17-9-21)40-27(30(36)37)31(38)39)33-28(34)24-14-12-23(13-15-24)22-10-6-20(2)7-11-22/h6-17,26-27H,3-5,18-19H2,1-2H3,(H,32,35)(H,33,34)(H,36,37)(H,38,39)/t26-/m0/s1. The number of benzene rings is 3. The lowest BCUT2D eigenvalue weighted by Gasteiger charge is -2.19. The topological polar surface area (TPSA) is 142 Å². The van der Waals surface area contributed by atoms with Crippen molar-refractivity contribution in [3.63, 3.8) is 0 Å². The maximum absolute atomic E-state index is 13.1. The molecule has 0 aromatic heterocycles. The van der Waals surface area contributed by atoms with Crippen LogP contribution < -0.4 is 15.4 Å². The van der Waals surface area contributed by atoms with E-state index >= 15 is 0 Å². The van der Waals surface area contributed by atoms with Gasteiger partial charge >= 0.3 is 11.9 Å². The van der Waals surface area contributed by atoms with Crippen molar-refractivity contribution >= 4 is 23.8 Å². The Kier molecular flexibility index (Phi) is 10.8. The average molecular weight is 547 g/mol. The lowest BCUT2D eigenvalue weighted by atomic mass is 10.0. The van der Waals surface area contributed by atoms with E-state index in [0.717, 1.165) is 36.0 Å². The highest BCUT2D eigenvalue weighted by molar-refractivity contribution is 5.98. The number of rotatable bonds is 14. The van der Waals surface area contributed by atoms with E-state index in [-0.39, 0.29) is 18.1 Å². The van der Waals surface area contributed by atoms with Gasteiger partial charge in [0.05, 0.1) is 0 Å². The quantitative estimate of drug-likeness (QED) is 0.175. The van der Waals surface area contributed by atoms with Gasteiger partial charge in [-0.2, -0.15) is 0 Å². The minimum Gasteiger partial charge on any atom is -0.478 e. The first-order chi connectivity index (χ1) is 19.2. The van der Waals surface area contributed by atoms with E-state index in [0.29, 0.717) is 17.7 Å². The predicted molar refractivity (Wildman–Crippen MR) is 150 cm³/mol. The minimum atomic E-state index is -2.04. The monoisotopic (exact) mass is 546 g/mol. The SMILES string of the molecule is CCCCCNC(=O)[C@H](Cc1ccc(OC(C(=O)O)C(=O)O)cc1)NC(=O)c1ccc(-c2ccc(C)cc2)cc1. The van der Waals surface area contributed by atoms with E-state index in [1.165, 1.54) is 12.1 Å². The van der Waals surface area contributed by atoms with Crippen LogP contribution in [0.4, 0.5) is 0 Å². The van der Waals surface area contributed by atoms with Crippen LogP contribution in [0.3, 0.4) is 0 Å². The first kappa shape index (κ1) is 29.9. The zero-order valence-electron chi connectivity index (χ0n) is 22.6. The number of amides is 2. The molecule has 0 aliphatic rings. The molecule has 9 nitrogen and oxygen atoms in total. The van der Waals surface area contributed by atoms with Crippen LogP contribution in [0.5, 0.6) is 5.75 Å². The first-order valence-electron chi connectivity index (χ1n) is 13.1. The number of carboxylic acids is 2. The fourth-order valence-electron chi connectivity index (χ4n) is 4.00. The molecular weight excluding hydrogens is 512 g/mol. The Morgan fingerprint density at radius 2 is 1.38 bits per heavy atom. The molecule has 210 valence electrons. The molecule has 40 heavy (non-hydrogen) atoms. The van der Waals surface area contributed by atoms with E-state index in [2.05, 4.69) is 17.6 Å². The fraction of sp³-hybridized carbons (Fsp3) is 0.290. The Balaban J connectivity index is 1.72. The van der Waals surface area contributed by atoms with Crippen molar-refractivity contribution in [1.82, 2.24) is 10.6 Å². The normalized spacial score (nSPS) is 11.5. The van der Waals surface area contributed by atoms with E-state index in [1.807, 2.05) is 43.3 Å². The number of nitrogens with one attached hydrogen (secondary N) is 2. The largest absolute Gasteiger partial charge is 0.478 e. The van der Waals surface area contributed by atoms with Gasteiger partial charge in [0.25, 0.3) is 12.0 Å². The lowest BCUT2D eigenvalue weighted by Crippen LogP contribution is -2.48. The Morgan fingerprint density at radius 1 is 0.800 bits per heavy atom. The Bertz CT molecular complexity index is 1290. The molecule has 3 aromatic carbocycles. The number of hydrogen-bond donors (Lipinski definition) is 4. The molecule has 3 rings (SSSR count).